The molecule has 1 N–H and O–H groups in total. The van der Waals surface area contributed by atoms with Gasteiger partial charge in [-0.25, -0.2) is 0 Å². The van der Waals surface area contributed by atoms with E-state index >= 15 is 0 Å². The molecule has 1 heterocycles. The van der Waals surface area contributed by atoms with E-state index in [0.717, 1.165) is 18.8 Å². The fourth-order valence-corrected chi connectivity index (χ4v) is 2.52. The highest BCUT2D eigenvalue weighted by molar-refractivity contribution is 5.25. The van der Waals surface area contributed by atoms with E-state index in [1.165, 1.54) is 11.1 Å². The first-order valence-corrected chi connectivity index (χ1v) is 8.23. The van der Waals surface area contributed by atoms with Crippen molar-refractivity contribution in [1.29, 1.82) is 0 Å². The topological polar surface area (TPSA) is 55.1 Å². The average molecular weight is 333 g/mol. The third kappa shape index (κ3) is 6.45. The molecule has 2 aromatic rings. The SMILES string of the molecule is COCCN(Cc1ccccc1C)CC(O)COCc1ccco1. The summed E-state index contributed by atoms with van der Waals surface area (Å²) in [6.07, 6.45) is 1.06. The molecule has 0 spiro atoms. The molecule has 0 aliphatic carbocycles. The molecule has 1 atom stereocenters. The van der Waals surface area contributed by atoms with Gasteiger partial charge in [0.2, 0.25) is 0 Å². The van der Waals surface area contributed by atoms with E-state index in [-0.39, 0.29) is 6.61 Å². The molecule has 2 rings (SSSR count). The summed E-state index contributed by atoms with van der Waals surface area (Å²) in [6.45, 7) is 5.47. The van der Waals surface area contributed by atoms with Gasteiger partial charge in [0.05, 0.1) is 25.6 Å². The Balaban J connectivity index is 1.81. The van der Waals surface area contributed by atoms with Crippen LogP contribution in [0.1, 0.15) is 16.9 Å². The maximum atomic E-state index is 10.3. The zero-order chi connectivity index (χ0) is 17.2. The number of rotatable bonds is 11. The number of methoxy groups -OCH3 is 1. The minimum absolute atomic E-state index is 0.276. The number of furan rings is 1. The first-order valence-electron chi connectivity index (χ1n) is 8.23. The number of hydrogen-bond donors (Lipinski definition) is 1. The fourth-order valence-electron chi connectivity index (χ4n) is 2.52. The van der Waals surface area contributed by atoms with Crippen LogP contribution >= 0.6 is 0 Å². The van der Waals surface area contributed by atoms with Crippen molar-refractivity contribution in [2.75, 3.05) is 33.4 Å². The van der Waals surface area contributed by atoms with Gasteiger partial charge in [0, 0.05) is 26.7 Å². The van der Waals surface area contributed by atoms with Gasteiger partial charge in [-0.05, 0) is 30.2 Å². The number of aryl methyl sites for hydroxylation is 1. The van der Waals surface area contributed by atoms with Gasteiger partial charge in [0.25, 0.3) is 0 Å². The largest absolute Gasteiger partial charge is 0.467 e. The highest BCUT2D eigenvalue weighted by Gasteiger charge is 2.13. The summed E-state index contributed by atoms with van der Waals surface area (Å²) >= 11 is 0. The van der Waals surface area contributed by atoms with Gasteiger partial charge in [-0.3, -0.25) is 4.90 Å². The third-order valence-corrected chi connectivity index (χ3v) is 3.87. The molecule has 0 amide bonds. The predicted molar refractivity (Wildman–Crippen MR) is 92.7 cm³/mol. The lowest BCUT2D eigenvalue weighted by Gasteiger charge is -2.25. The van der Waals surface area contributed by atoms with E-state index < -0.39 is 6.10 Å². The molecule has 1 aromatic carbocycles. The zero-order valence-electron chi connectivity index (χ0n) is 14.5. The molecule has 0 bridgehead atoms. The molecule has 1 aromatic heterocycles. The summed E-state index contributed by atoms with van der Waals surface area (Å²) in [5.74, 6) is 0.762. The summed E-state index contributed by atoms with van der Waals surface area (Å²) in [5.41, 5.74) is 2.51. The van der Waals surface area contributed by atoms with E-state index in [1.807, 2.05) is 24.3 Å². The average Bonchev–Trinajstić information content (AvgIpc) is 3.08. The minimum atomic E-state index is -0.555. The van der Waals surface area contributed by atoms with Crippen molar-refractivity contribution < 1.29 is 19.0 Å². The predicted octanol–water partition coefficient (Wildman–Crippen LogP) is 2.61. The molecular weight excluding hydrogens is 306 g/mol. The van der Waals surface area contributed by atoms with Gasteiger partial charge in [0.15, 0.2) is 0 Å². The van der Waals surface area contributed by atoms with Crippen LogP contribution in [0.2, 0.25) is 0 Å². The van der Waals surface area contributed by atoms with Crippen molar-refractivity contribution in [2.45, 2.75) is 26.2 Å². The second-order valence-corrected chi connectivity index (χ2v) is 5.90. The lowest BCUT2D eigenvalue weighted by atomic mass is 10.1. The Morgan fingerprint density at radius 1 is 1.21 bits per heavy atom. The molecule has 0 fully saturated rings. The summed E-state index contributed by atoms with van der Waals surface area (Å²) in [6, 6.07) is 12.0. The quantitative estimate of drug-likeness (QED) is 0.685. The molecule has 0 aliphatic rings. The maximum Gasteiger partial charge on any atom is 0.129 e. The molecule has 132 valence electrons. The molecule has 24 heavy (non-hydrogen) atoms. The molecule has 5 nitrogen and oxygen atoms in total. The van der Waals surface area contributed by atoms with Crippen molar-refractivity contribution in [1.82, 2.24) is 4.90 Å². The van der Waals surface area contributed by atoms with Gasteiger partial charge in [0.1, 0.15) is 12.4 Å². The highest BCUT2D eigenvalue weighted by Crippen LogP contribution is 2.11. The van der Waals surface area contributed by atoms with E-state index in [2.05, 4.69) is 24.0 Å². The number of ether oxygens (including phenoxy) is 2. The van der Waals surface area contributed by atoms with Crippen molar-refractivity contribution in [3.8, 4) is 0 Å². The van der Waals surface area contributed by atoms with E-state index in [0.29, 0.717) is 19.8 Å². The highest BCUT2D eigenvalue weighted by atomic mass is 16.5. The van der Waals surface area contributed by atoms with E-state index in [4.69, 9.17) is 13.9 Å². The van der Waals surface area contributed by atoms with Gasteiger partial charge in [-0.2, -0.15) is 0 Å². The Morgan fingerprint density at radius 3 is 2.75 bits per heavy atom. The standard InChI is InChI=1S/C19H27NO4/c1-16-6-3-4-7-17(16)12-20(9-11-22-2)13-18(21)14-23-15-19-8-5-10-24-19/h3-8,10,18,21H,9,11-15H2,1-2H3. The number of benzene rings is 1. The molecule has 5 heteroatoms. The Hall–Kier alpha value is -1.66. The molecular formula is C19H27NO4. The summed E-state index contributed by atoms with van der Waals surface area (Å²) in [5, 5.41) is 10.3. The normalized spacial score (nSPS) is 12.7. The number of nitrogens with zero attached hydrogens (tertiary/aromatic N) is 1. The van der Waals surface area contributed by atoms with Crippen LogP contribution < -0.4 is 0 Å². The number of hydrogen-bond acceptors (Lipinski definition) is 5. The first-order chi connectivity index (χ1) is 11.7. The van der Waals surface area contributed by atoms with Crippen LogP contribution in [-0.4, -0.2) is 49.5 Å². The second-order valence-electron chi connectivity index (χ2n) is 5.90. The van der Waals surface area contributed by atoms with Crippen molar-refractivity contribution in [3.05, 3.63) is 59.5 Å². The summed E-state index contributed by atoms with van der Waals surface area (Å²) < 4.78 is 15.9. The Labute approximate surface area is 143 Å². The molecule has 0 aliphatic heterocycles. The fraction of sp³-hybridized carbons (Fsp3) is 0.474. The third-order valence-electron chi connectivity index (χ3n) is 3.87. The smallest absolute Gasteiger partial charge is 0.129 e. The number of aliphatic hydroxyl groups excluding tert-OH is 1. The lowest BCUT2D eigenvalue weighted by Crippen LogP contribution is -2.36. The maximum absolute atomic E-state index is 10.3. The Kier molecular flexibility index (Phi) is 7.98. The lowest BCUT2D eigenvalue weighted by molar-refractivity contribution is 0.000458. The van der Waals surface area contributed by atoms with E-state index in [9.17, 15) is 5.11 Å². The zero-order valence-corrected chi connectivity index (χ0v) is 14.5. The molecule has 0 saturated heterocycles. The van der Waals surface area contributed by atoms with E-state index in [1.54, 1.807) is 13.4 Å². The van der Waals surface area contributed by atoms with Gasteiger partial charge in [-0.1, -0.05) is 24.3 Å². The summed E-state index contributed by atoms with van der Waals surface area (Å²) in [4.78, 5) is 2.19. The van der Waals surface area contributed by atoms with Crippen LogP contribution in [0, 0.1) is 6.92 Å². The first kappa shape index (κ1) is 18.7. The Bertz CT molecular complexity index is 571. The monoisotopic (exact) mass is 333 g/mol. The van der Waals surface area contributed by atoms with Gasteiger partial charge >= 0.3 is 0 Å². The van der Waals surface area contributed by atoms with Crippen LogP contribution in [0.5, 0.6) is 0 Å². The number of aliphatic hydroxyl groups is 1. The van der Waals surface area contributed by atoms with Crippen LogP contribution in [0.4, 0.5) is 0 Å². The van der Waals surface area contributed by atoms with Crippen LogP contribution in [0.25, 0.3) is 0 Å². The van der Waals surface area contributed by atoms with Crippen molar-refractivity contribution >= 4 is 0 Å². The van der Waals surface area contributed by atoms with Crippen LogP contribution in [0.15, 0.2) is 47.1 Å². The van der Waals surface area contributed by atoms with Gasteiger partial charge in [-0.15, -0.1) is 0 Å². The van der Waals surface area contributed by atoms with Gasteiger partial charge < -0.3 is 19.0 Å². The molecule has 0 radical (unpaired) electrons. The van der Waals surface area contributed by atoms with Crippen LogP contribution in [0.3, 0.4) is 0 Å². The Morgan fingerprint density at radius 2 is 2.04 bits per heavy atom. The second kappa shape index (κ2) is 10.3. The van der Waals surface area contributed by atoms with Crippen molar-refractivity contribution in [2.24, 2.45) is 0 Å². The minimum Gasteiger partial charge on any atom is -0.467 e. The van der Waals surface area contributed by atoms with Crippen molar-refractivity contribution in [3.63, 3.8) is 0 Å². The summed E-state index contributed by atoms with van der Waals surface area (Å²) in [7, 11) is 1.69. The molecule has 0 saturated carbocycles. The molecule has 1 unspecified atom stereocenters. The van der Waals surface area contributed by atoms with Crippen LogP contribution in [-0.2, 0) is 22.6 Å².